The predicted octanol–water partition coefficient (Wildman–Crippen LogP) is 3.20. The van der Waals surface area contributed by atoms with Gasteiger partial charge in [0.15, 0.2) is 5.78 Å². The molecule has 1 aliphatic carbocycles. The number of hydrogen-bond acceptors (Lipinski definition) is 1. The van der Waals surface area contributed by atoms with Gasteiger partial charge in [0.05, 0.1) is 0 Å². The van der Waals surface area contributed by atoms with Gasteiger partial charge in [0.1, 0.15) is 0 Å². The van der Waals surface area contributed by atoms with E-state index in [1.807, 2.05) is 13.8 Å². The monoisotopic (exact) mass is 188 g/mol. The highest BCUT2D eigenvalue weighted by molar-refractivity contribution is 6.01. The Morgan fingerprint density at radius 1 is 1.14 bits per heavy atom. The lowest BCUT2D eigenvalue weighted by Gasteiger charge is -2.09. The lowest BCUT2D eigenvalue weighted by atomic mass is 9.95. The van der Waals surface area contributed by atoms with Gasteiger partial charge in [-0.15, -0.1) is 0 Å². The molecule has 1 fully saturated rings. The molecular weight excluding hydrogens is 172 g/mol. The fraction of sp³-hybridized carbons (Fsp3) is 0.462. The Morgan fingerprint density at radius 2 is 1.64 bits per heavy atom. The number of carbonyl (C=O) groups is 1. The van der Waals surface area contributed by atoms with Crippen LogP contribution in [0.15, 0.2) is 12.1 Å². The van der Waals surface area contributed by atoms with E-state index in [0.717, 1.165) is 29.5 Å². The molecule has 0 unspecified atom stereocenters. The van der Waals surface area contributed by atoms with Crippen LogP contribution in [-0.4, -0.2) is 5.78 Å². The average Bonchev–Trinajstić information content (AvgIpc) is 2.83. The first-order valence-electron chi connectivity index (χ1n) is 5.21. The average molecular weight is 188 g/mol. The maximum Gasteiger partial charge on any atom is 0.166 e. The van der Waals surface area contributed by atoms with Gasteiger partial charge in [-0.25, -0.2) is 0 Å². The lowest BCUT2D eigenvalue weighted by Crippen LogP contribution is -2.06. The maximum absolute atomic E-state index is 12.0. The second-order valence-electron chi connectivity index (χ2n) is 4.41. The number of rotatable bonds is 2. The molecule has 1 aliphatic rings. The smallest absolute Gasteiger partial charge is 0.166 e. The van der Waals surface area contributed by atoms with Crippen molar-refractivity contribution in [3.63, 3.8) is 0 Å². The molecular formula is C13H16O. The number of Topliss-reactive ketones (excluding diaryl/α,β-unsaturated/α-hetero) is 1. The summed E-state index contributed by atoms with van der Waals surface area (Å²) < 4.78 is 0. The summed E-state index contributed by atoms with van der Waals surface area (Å²) in [5.74, 6) is 0.690. The van der Waals surface area contributed by atoms with Gasteiger partial charge in [-0.05, 0) is 44.7 Å². The SMILES string of the molecule is Cc1cc(C)c(C(=O)C2CC2)c(C)c1. The number of benzene rings is 1. The van der Waals surface area contributed by atoms with Crippen LogP contribution in [0.4, 0.5) is 0 Å². The molecule has 1 aromatic carbocycles. The highest BCUT2D eigenvalue weighted by Crippen LogP contribution is 2.34. The number of carbonyl (C=O) groups excluding carboxylic acids is 1. The second-order valence-corrected chi connectivity index (χ2v) is 4.41. The van der Waals surface area contributed by atoms with E-state index in [1.54, 1.807) is 0 Å². The first kappa shape index (κ1) is 9.45. The van der Waals surface area contributed by atoms with E-state index in [0.29, 0.717) is 11.7 Å². The van der Waals surface area contributed by atoms with Gasteiger partial charge < -0.3 is 0 Å². The van der Waals surface area contributed by atoms with Crippen LogP contribution in [0, 0.1) is 26.7 Å². The molecule has 14 heavy (non-hydrogen) atoms. The van der Waals surface area contributed by atoms with E-state index in [-0.39, 0.29) is 0 Å². The minimum absolute atomic E-state index is 0.329. The molecule has 0 atom stereocenters. The zero-order valence-electron chi connectivity index (χ0n) is 9.05. The molecule has 1 nitrogen and oxygen atoms in total. The van der Waals surface area contributed by atoms with Crippen molar-refractivity contribution in [2.24, 2.45) is 5.92 Å². The summed E-state index contributed by atoms with van der Waals surface area (Å²) in [6.45, 7) is 6.15. The van der Waals surface area contributed by atoms with E-state index in [4.69, 9.17) is 0 Å². The van der Waals surface area contributed by atoms with Crippen molar-refractivity contribution in [2.45, 2.75) is 33.6 Å². The van der Waals surface area contributed by atoms with Crippen molar-refractivity contribution in [2.75, 3.05) is 0 Å². The lowest BCUT2D eigenvalue weighted by molar-refractivity contribution is 0.0966. The topological polar surface area (TPSA) is 17.1 Å². The summed E-state index contributed by atoms with van der Waals surface area (Å²) in [6.07, 6.45) is 2.18. The van der Waals surface area contributed by atoms with Crippen LogP contribution < -0.4 is 0 Å². The Morgan fingerprint density at radius 3 is 2.07 bits per heavy atom. The minimum atomic E-state index is 0.329. The van der Waals surface area contributed by atoms with Crippen LogP contribution in [0.5, 0.6) is 0 Å². The standard InChI is InChI=1S/C13H16O/c1-8-6-9(2)12(10(3)7-8)13(14)11-4-5-11/h6-7,11H,4-5H2,1-3H3. The molecule has 0 saturated heterocycles. The molecule has 2 rings (SSSR count). The fourth-order valence-corrected chi connectivity index (χ4v) is 2.12. The third kappa shape index (κ3) is 1.59. The number of ketones is 1. The van der Waals surface area contributed by atoms with Gasteiger partial charge in [0, 0.05) is 11.5 Å². The van der Waals surface area contributed by atoms with Gasteiger partial charge in [0.25, 0.3) is 0 Å². The highest BCUT2D eigenvalue weighted by Gasteiger charge is 2.31. The summed E-state index contributed by atoms with van der Waals surface area (Å²) in [5.41, 5.74) is 4.49. The molecule has 0 radical (unpaired) electrons. The van der Waals surface area contributed by atoms with Crippen LogP contribution >= 0.6 is 0 Å². The van der Waals surface area contributed by atoms with Gasteiger partial charge in [-0.3, -0.25) is 4.79 Å². The molecule has 0 heterocycles. The van der Waals surface area contributed by atoms with Gasteiger partial charge in [-0.2, -0.15) is 0 Å². The second kappa shape index (κ2) is 3.23. The van der Waals surface area contributed by atoms with Crippen molar-refractivity contribution in [3.05, 3.63) is 34.4 Å². The van der Waals surface area contributed by atoms with E-state index < -0.39 is 0 Å². The Hall–Kier alpha value is -1.11. The van der Waals surface area contributed by atoms with Gasteiger partial charge in [0.2, 0.25) is 0 Å². The Bertz CT molecular complexity index is 363. The molecule has 0 aromatic heterocycles. The minimum Gasteiger partial charge on any atom is -0.294 e. The molecule has 0 bridgehead atoms. The molecule has 0 aliphatic heterocycles. The largest absolute Gasteiger partial charge is 0.294 e. The van der Waals surface area contributed by atoms with Crippen molar-refractivity contribution in [1.82, 2.24) is 0 Å². The number of hydrogen-bond donors (Lipinski definition) is 0. The van der Waals surface area contributed by atoms with Crippen molar-refractivity contribution in [3.8, 4) is 0 Å². The van der Waals surface area contributed by atoms with Crippen molar-refractivity contribution < 1.29 is 4.79 Å². The summed E-state index contributed by atoms with van der Waals surface area (Å²) in [6, 6.07) is 4.20. The summed E-state index contributed by atoms with van der Waals surface area (Å²) in [5, 5.41) is 0. The van der Waals surface area contributed by atoms with E-state index >= 15 is 0 Å². The summed E-state index contributed by atoms with van der Waals surface area (Å²) in [4.78, 5) is 12.0. The molecule has 1 heteroatoms. The zero-order valence-corrected chi connectivity index (χ0v) is 9.05. The molecule has 74 valence electrons. The Kier molecular flexibility index (Phi) is 2.18. The maximum atomic E-state index is 12.0. The molecule has 0 amide bonds. The summed E-state index contributed by atoms with van der Waals surface area (Å²) >= 11 is 0. The third-order valence-electron chi connectivity index (χ3n) is 2.87. The van der Waals surface area contributed by atoms with Crippen LogP contribution in [0.1, 0.15) is 39.9 Å². The highest BCUT2D eigenvalue weighted by atomic mass is 16.1. The molecule has 0 N–H and O–H groups in total. The van der Waals surface area contributed by atoms with Gasteiger partial charge in [-0.1, -0.05) is 17.7 Å². The van der Waals surface area contributed by atoms with Crippen LogP contribution in [-0.2, 0) is 0 Å². The zero-order chi connectivity index (χ0) is 10.3. The predicted molar refractivity (Wildman–Crippen MR) is 57.7 cm³/mol. The first-order valence-corrected chi connectivity index (χ1v) is 5.21. The fourth-order valence-electron chi connectivity index (χ4n) is 2.12. The molecule has 1 saturated carbocycles. The van der Waals surface area contributed by atoms with E-state index in [2.05, 4.69) is 19.1 Å². The Labute approximate surface area is 85.1 Å². The third-order valence-corrected chi connectivity index (χ3v) is 2.87. The van der Waals surface area contributed by atoms with E-state index in [1.165, 1.54) is 5.56 Å². The molecule has 0 spiro atoms. The first-order chi connectivity index (χ1) is 6.59. The summed E-state index contributed by atoms with van der Waals surface area (Å²) in [7, 11) is 0. The number of aryl methyl sites for hydroxylation is 3. The van der Waals surface area contributed by atoms with Crippen LogP contribution in [0.25, 0.3) is 0 Å². The Balaban J connectivity index is 2.45. The van der Waals surface area contributed by atoms with Crippen LogP contribution in [0.3, 0.4) is 0 Å². The van der Waals surface area contributed by atoms with Crippen molar-refractivity contribution in [1.29, 1.82) is 0 Å². The molecule has 1 aromatic rings. The van der Waals surface area contributed by atoms with E-state index in [9.17, 15) is 4.79 Å². The normalized spacial score (nSPS) is 15.6. The van der Waals surface area contributed by atoms with Crippen LogP contribution in [0.2, 0.25) is 0 Å². The van der Waals surface area contributed by atoms with Crippen molar-refractivity contribution >= 4 is 5.78 Å². The quantitative estimate of drug-likeness (QED) is 0.651. The van der Waals surface area contributed by atoms with Gasteiger partial charge >= 0.3 is 0 Å².